The highest BCUT2D eigenvalue weighted by molar-refractivity contribution is 7.47. The van der Waals surface area contributed by atoms with Crippen LogP contribution in [0.3, 0.4) is 0 Å². The average Bonchev–Trinajstić information content (AvgIpc) is 1.68. The third-order valence-electron chi connectivity index (χ3n) is 17.3. The molecular formula is C84H151NO8P+. The number of esters is 2. The van der Waals surface area contributed by atoms with Crippen molar-refractivity contribution in [2.24, 2.45) is 0 Å². The van der Waals surface area contributed by atoms with Crippen LogP contribution in [0.2, 0.25) is 0 Å². The second-order valence-electron chi connectivity index (χ2n) is 27.7. The number of carbonyl (C=O) groups excluding carboxylic acids is 2. The number of nitrogens with zero attached hydrogens (tertiary/aromatic N) is 1. The molecule has 2 unspecified atom stereocenters. The van der Waals surface area contributed by atoms with Crippen LogP contribution in [0.15, 0.2) is 109 Å². The average molecular weight is 1330 g/mol. The standard InChI is InChI=1S/C84H150NO8P/c1-6-8-10-12-14-16-18-20-22-24-26-28-30-32-34-36-38-40-42-44-46-48-50-52-54-56-58-60-62-64-66-68-70-72-74-76-83(86)90-80-82(81-92-94(88,89)91-79-78-85(3,4)5)93-84(87)77-75-73-71-69-67-65-63-61-59-57-55-53-51-49-47-45-43-41-39-37-35-33-31-29-27-25-23-21-19-17-15-13-11-9-7-2/h9,11,15,17,21,23,27,29,33,35,39,41,45,47,51,53,57,59,82H,6-8,10,12-14,16,18-20,22,24-26,28,30-32,34,36-38,40,42-44,46,48-50,52,54-56,58,60-81H2,1-5H3/p+1/b11-9-,17-15-,23-21-,29-27-,35-33-,41-39-,47-45-,53-51-,59-57-. The number of carbonyl (C=O) groups is 2. The van der Waals surface area contributed by atoms with Crippen LogP contribution in [-0.4, -0.2) is 74.9 Å². The summed E-state index contributed by atoms with van der Waals surface area (Å²) >= 11 is 0. The van der Waals surface area contributed by atoms with Gasteiger partial charge >= 0.3 is 19.8 Å². The van der Waals surface area contributed by atoms with E-state index in [-0.39, 0.29) is 32.0 Å². The predicted octanol–water partition coefficient (Wildman–Crippen LogP) is 26.4. The van der Waals surface area contributed by atoms with Crippen molar-refractivity contribution in [1.82, 2.24) is 0 Å². The highest BCUT2D eigenvalue weighted by Gasteiger charge is 2.27. The molecule has 0 spiro atoms. The summed E-state index contributed by atoms with van der Waals surface area (Å²) in [5, 5.41) is 0. The summed E-state index contributed by atoms with van der Waals surface area (Å²) in [4.78, 5) is 36.0. The van der Waals surface area contributed by atoms with E-state index in [1.54, 1.807) is 0 Å². The minimum absolute atomic E-state index is 0.0259. The Morgan fingerprint density at radius 2 is 0.606 bits per heavy atom. The van der Waals surface area contributed by atoms with Crippen molar-refractivity contribution in [2.45, 2.75) is 367 Å². The fourth-order valence-corrected chi connectivity index (χ4v) is 12.0. The van der Waals surface area contributed by atoms with Crippen LogP contribution in [0, 0.1) is 0 Å². The first-order chi connectivity index (χ1) is 46.0. The Bertz CT molecular complexity index is 1960. The van der Waals surface area contributed by atoms with E-state index < -0.39 is 26.5 Å². The largest absolute Gasteiger partial charge is 0.472 e. The van der Waals surface area contributed by atoms with E-state index in [0.717, 1.165) is 103 Å². The Morgan fingerprint density at radius 3 is 0.904 bits per heavy atom. The smallest absolute Gasteiger partial charge is 0.462 e. The van der Waals surface area contributed by atoms with E-state index >= 15 is 0 Å². The lowest BCUT2D eigenvalue weighted by molar-refractivity contribution is -0.870. The molecule has 0 aliphatic rings. The van der Waals surface area contributed by atoms with Gasteiger partial charge in [-0.05, 0) is 83.5 Å². The van der Waals surface area contributed by atoms with Crippen molar-refractivity contribution in [1.29, 1.82) is 0 Å². The van der Waals surface area contributed by atoms with Crippen LogP contribution in [0.1, 0.15) is 361 Å². The molecule has 0 saturated carbocycles. The summed E-state index contributed by atoms with van der Waals surface area (Å²) in [5.74, 6) is -0.801. The van der Waals surface area contributed by atoms with Crippen LogP contribution in [0.25, 0.3) is 0 Å². The molecule has 94 heavy (non-hydrogen) atoms. The lowest BCUT2D eigenvalue weighted by Gasteiger charge is -2.24. The molecule has 0 heterocycles. The Balaban J connectivity index is 4.01. The van der Waals surface area contributed by atoms with Gasteiger partial charge in [0.15, 0.2) is 6.10 Å². The van der Waals surface area contributed by atoms with E-state index in [4.69, 9.17) is 18.5 Å². The Morgan fingerprint density at radius 1 is 0.340 bits per heavy atom. The molecule has 10 heteroatoms. The monoisotopic (exact) mass is 1330 g/mol. The molecule has 0 aliphatic carbocycles. The fraction of sp³-hybridized carbons (Fsp3) is 0.762. The Hall–Kier alpha value is -3.33. The predicted molar refractivity (Wildman–Crippen MR) is 408 cm³/mol. The minimum atomic E-state index is -4.40. The van der Waals surface area contributed by atoms with E-state index in [1.807, 2.05) is 21.1 Å². The summed E-state index contributed by atoms with van der Waals surface area (Å²) in [7, 11) is 1.47. The van der Waals surface area contributed by atoms with Gasteiger partial charge < -0.3 is 18.9 Å². The van der Waals surface area contributed by atoms with Crippen LogP contribution in [-0.2, 0) is 32.7 Å². The van der Waals surface area contributed by atoms with Gasteiger partial charge in [-0.15, -0.1) is 0 Å². The molecule has 0 radical (unpaired) electrons. The molecule has 0 rings (SSSR count). The van der Waals surface area contributed by atoms with Crippen LogP contribution in [0.4, 0.5) is 0 Å². The molecule has 0 aliphatic heterocycles. The second-order valence-corrected chi connectivity index (χ2v) is 29.2. The first kappa shape index (κ1) is 90.7. The van der Waals surface area contributed by atoms with Crippen molar-refractivity contribution in [3.63, 3.8) is 0 Å². The summed E-state index contributed by atoms with van der Waals surface area (Å²) < 4.78 is 34.8. The van der Waals surface area contributed by atoms with Gasteiger partial charge in [-0.1, -0.05) is 374 Å². The summed E-state index contributed by atoms with van der Waals surface area (Å²) in [6.45, 7) is 4.35. The topological polar surface area (TPSA) is 108 Å². The van der Waals surface area contributed by atoms with E-state index in [1.165, 1.54) is 225 Å². The molecule has 0 saturated heterocycles. The van der Waals surface area contributed by atoms with Gasteiger partial charge in [0.1, 0.15) is 19.8 Å². The third kappa shape index (κ3) is 77.7. The Kier molecular flexibility index (Phi) is 71.3. The van der Waals surface area contributed by atoms with Gasteiger partial charge in [-0.25, -0.2) is 4.57 Å². The first-order valence-corrected chi connectivity index (χ1v) is 41.1. The van der Waals surface area contributed by atoms with Crippen LogP contribution < -0.4 is 0 Å². The minimum Gasteiger partial charge on any atom is -0.462 e. The number of hydrogen-bond donors (Lipinski definition) is 1. The van der Waals surface area contributed by atoms with Crippen molar-refractivity contribution in [3.05, 3.63) is 109 Å². The maximum absolute atomic E-state index is 12.9. The number of allylic oxidation sites excluding steroid dienone is 18. The number of hydrogen-bond acceptors (Lipinski definition) is 7. The first-order valence-electron chi connectivity index (χ1n) is 39.6. The number of likely N-dealkylation sites (N-methyl/N-ethyl adjacent to an activating group) is 1. The molecule has 544 valence electrons. The number of quaternary nitrogens is 1. The van der Waals surface area contributed by atoms with Crippen molar-refractivity contribution >= 4 is 19.8 Å². The van der Waals surface area contributed by atoms with Gasteiger partial charge in [0.05, 0.1) is 27.7 Å². The lowest BCUT2D eigenvalue weighted by atomic mass is 10.0. The number of phosphoric acid groups is 1. The number of ether oxygens (including phenoxy) is 2. The number of phosphoric ester groups is 1. The van der Waals surface area contributed by atoms with Gasteiger partial charge in [-0.2, -0.15) is 0 Å². The van der Waals surface area contributed by atoms with Gasteiger partial charge in [-0.3, -0.25) is 18.6 Å². The highest BCUT2D eigenvalue weighted by atomic mass is 31.2. The zero-order valence-corrected chi connectivity index (χ0v) is 63.1. The molecule has 2 atom stereocenters. The molecule has 0 aromatic rings. The molecule has 9 nitrogen and oxygen atoms in total. The van der Waals surface area contributed by atoms with E-state index in [9.17, 15) is 19.0 Å². The van der Waals surface area contributed by atoms with Crippen molar-refractivity contribution in [3.8, 4) is 0 Å². The van der Waals surface area contributed by atoms with E-state index in [0.29, 0.717) is 17.4 Å². The number of unbranched alkanes of at least 4 members (excludes halogenated alkanes) is 41. The molecule has 0 amide bonds. The van der Waals surface area contributed by atoms with Gasteiger partial charge in [0.25, 0.3) is 0 Å². The SMILES string of the molecule is CC/C=C\C/C=C\C/C=C\C/C=C\C/C=C\C/C=C\C/C=C\C/C=C\C/C=C\CCCCCCCCCC(=O)OC(COC(=O)CCCCCCCCCCCCCCCCCCCCCCCCCCCCCCCCCCCCC)COP(=O)(O)OCC[N+](C)(C)C. The fourth-order valence-electron chi connectivity index (χ4n) is 11.3. The quantitative estimate of drug-likeness (QED) is 0.0211. The van der Waals surface area contributed by atoms with Gasteiger partial charge in [0.2, 0.25) is 0 Å². The summed E-state index contributed by atoms with van der Waals surface area (Å²) in [6, 6.07) is 0. The highest BCUT2D eigenvalue weighted by Crippen LogP contribution is 2.43. The molecule has 1 N–H and O–H groups in total. The second kappa shape index (κ2) is 73.9. The van der Waals surface area contributed by atoms with Crippen molar-refractivity contribution in [2.75, 3.05) is 47.5 Å². The zero-order valence-electron chi connectivity index (χ0n) is 62.2. The maximum atomic E-state index is 12.9. The third-order valence-corrected chi connectivity index (χ3v) is 18.3. The molecule has 0 aromatic carbocycles. The van der Waals surface area contributed by atoms with Crippen LogP contribution in [0.5, 0.6) is 0 Å². The summed E-state index contributed by atoms with van der Waals surface area (Å²) in [6.07, 6.45) is 105. The van der Waals surface area contributed by atoms with Crippen LogP contribution >= 0.6 is 7.82 Å². The van der Waals surface area contributed by atoms with Gasteiger partial charge in [0, 0.05) is 12.8 Å². The summed E-state index contributed by atoms with van der Waals surface area (Å²) in [5.41, 5.74) is 0. The molecular weight excluding hydrogens is 1180 g/mol. The lowest BCUT2D eigenvalue weighted by Crippen LogP contribution is -2.37. The Labute approximate surface area is 582 Å². The molecule has 0 fully saturated rings. The maximum Gasteiger partial charge on any atom is 0.472 e. The zero-order chi connectivity index (χ0) is 68.3. The van der Waals surface area contributed by atoms with Crippen molar-refractivity contribution < 1.29 is 42.1 Å². The number of rotatable bonds is 73. The van der Waals surface area contributed by atoms with E-state index in [2.05, 4.69) is 123 Å². The molecule has 0 aromatic heterocycles. The normalized spacial score (nSPS) is 13.6. The molecule has 0 bridgehead atoms.